The molecule has 2 atom stereocenters. The molecule has 1 aliphatic heterocycles. The lowest BCUT2D eigenvalue weighted by molar-refractivity contribution is -0.165. The number of aliphatic hydroxyl groups is 1. The van der Waals surface area contributed by atoms with E-state index < -0.39 is 6.10 Å². The number of aliphatic hydroxyl groups excluding tert-OH is 1. The smallest absolute Gasteiger partial charge is 0.157 e. The van der Waals surface area contributed by atoms with Gasteiger partial charge in [-0.1, -0.05) is 12.1 Å². The van der Waals surface area contributed by atoms with Crippen molar-refractivity contribution in [3.05, 3.63) is 29.8 Å². The Morgan fingerprint density at radius 3 is 3.00 bits per heavy atom. The van der Waals surface area contributed by atoms with Crippen LogP contribution in [-0.2, 0) is 9.47 Å². The molecule has 1 N–H and O–H groups in total. The summed E-state index contributed by atoms with van der Waals surface area (Å²) in [6.07, 6.45) is 2.72. The van der Waals surface area contributed by atoms with E-state index in [2.05, 4.69) is 0 Å². The van der Waals surface area contributed by atoms with E-state index in [4.69, 9.17) is 14.2 Å². The van der Waals surface area contributed by atoms with Gasteiger partial charge in [-0.25, -0.2) is 0 Å². The van der Waals surface area contributed by atoms with Crippen molar-refractivity contribution in [1.29, 1.82) is 0 Å². The summed E-state index contributed by atoms with van der Waals surface area (Å²) in [5.74, 6) is 0.756. The Morgan fingerprint density at radius 1 is 1.37 bits per heavy atom. The van der Waals surface area contributed by atoms with Crippen molar-refractivity contribution in [2.75, 3.05) is 19.8 Å². The topological polar surface area (TPSA) is 47.9 Å². The largest absolute Gasteiger partial charge is 0.491 e. The molecule has 1 fully saturated rings. The summed E-state index contributed by atoms with van der Waals surface area (Å²) in [6, 6.07) is 7.48. The number of hydrogen-bond acceptors (Lipinski definition) is 4. The van der Waals surface area contributed by atoms with Gasteiger partial charge in [0.25, 0.3) is 0 Å². The standard InChI is InChI=1S/C15H22O4/c1-12(16)13-5-4-6-14(11-13)17-9-10-19-15-7-2-3-8-18-15/h4-6,11-12,15-16H,2-3,7-10H2,1H3/t12-,15+/m0/s1. The van der Waals surface area contributed by atoms with Gasteiger partial charge in [0.2, 0.25) is 0 Å². The van der Waals surface area contributed by atoms with Gasteiger partial charge in [-0.15, -0.1) is 0 Å². The molecule has 0 aromatic heterocycles. The second-order valence-electron chi connectivity index (χ2n) is 4.76. The van der Waals surface area contributed by atoms with E-state index in [1.54, 1.807) is 6.92 Å². The number of benzene rings is 1. The zero-order valence-corrected chi connectivity index (χ0v) is 11.4. The minimum absolute atomic E-state index is 0.0684. The fourth-order valence-electron chi connectivity index (χ4n) is 2.05. The molecular weight excluding hydrogens is 244 g/mol. The van der Waals surface area contributed by atoms with E-state index in [9.17, 15) is 5.11 Å². The average Bonchev–Trinajstić information content (AvgIpc) is 2.45. The van der Waals surface area contributed by atoms with E-state index in [1.807, 2.05) is 24.3 Å². The van der Waals surface area contributed by atoms with Gasteiger partial charge >= 0.3 is 0 Å². The molecule has 4 nitrogen and oxygen atoms in total. The van der Waals surface area contributed by atoms with E-state index in [0.717, 1.165) is 30.8 Å². The predicted octanol–water partition coefficient (Wildman–Crippen LogP) is 2.66. The molecule has 0 radical (unpaired) electrons. The maximum atomic E-state index is 9.49. The second-order valence-corrected chi connectivity index (χ2v) is 4.76. The van der Waals surface area contributed by atoms with Crippen molar-refractivity contribution in [1.82, 2.24) is 0 Å². The maximum absolute atomic E-state index is 9.49. The van der Waals surface area contributed by atoms with Gasteiger partial charge in [-0.2, -0.15) is 0 Å². The van der Waals surface area contributed by atoms with Gasteiger partial charge in [0, 0.05) is 6.61 Å². The van der Waals surface area contributed by atoms with Crippen LogP contribution in [0.2, 0.25) is 0 Å². The molecule has 0 aliphatic carbocycles. The fourth-order valence-corrected chi connectivity index (χ4v) is 2.05. The van der Waals surface area contributed by atoms with Crippen LogP contribution in [0.1, 0.15) is 37.9 Å². The van der Waals surface area contributed by atoms with Crippen LogP contribution in [0, 0.1) is 0 Å². The molecule has 19 heavy (non-hydrogen) atoms. The third-order valence-electron chi connectivity index (χ3n) is 3.13. The van der Waals surface area contributed by atoms with Crippen molar-refractivity contribution in [2.45, 2.75) is 38.6 Å². The van der Waals surface area contributed by atoms with Crippen LogP contribution < -0.4 is 4.74 Å². The van der Waals surface area contributed by atoms with Crippen molar-refractivity contribution >= 4 is 0 Å². The number of rotatable bonds is 6. The normalized spacial score (nSPS) is 21.1. The van der Waals surface area contributed by atoms with Crippen LogP contribution in [0.4, 0.5) is 0 Å². The third-order valence-corrected chi connectivity index (χ3v) is 3.13. The van der Waals surface area contributed by atoms with Gasteiger partial charge in [0.1, 0.15) is 12.4 Å². The highest BCUT2D eigenvalue weighted by Gasteiger charge is 2.13. The van der Waals surface area contributed by atoms with Gasteiger partial charge in [0.15, 0.2) is 6.29 Å². The lowest BCUT2D eigenvalue weighted by Crippen LogP contribution is -2.24. The molecule has 4 heteroatoms. The molecule has 106 valence electrons. The lowest BCUT2D eigenvalue weighted by Gasteiger charge is -2.22. The van der Waals surface area contributed by atoms with Crippen LogP contribution in [0.15, 0.2) is 24.3 Å². The Kier molecular flexibility index (Phi) is 5.63. The summed E-state index contributed by atoms with van der Waals surface area (Å²) in [7, 11) is 0. The molecule has 1 aromatic carbocycles. The summed E-state index contributed by atoms with van der Waals surface area (Å²) in [5.41, 5.74) is 0.856. The first-order valence-electron chi connectivity index (χ1n) is 6.90. The minimum Gasteiger partial charge on any atom is -0.491 e. The summed E-state index contributed by atoms with van der Waals surface area (Å²) >= 11 is 0. The minimum atomic E-state index is -0.476. The second kappa shape index (κ2) is 7.48. The van der Waals surface area contributed by atoms with E-state index in [0.29, 0.717) is 13.2 Å². The highest BCUT2D eigenvalue weighted by molar-refractivity contribution is 5.29. The number of hydrogen-bond donors (Lipinski definition) is 1. The zero-order valence-electron chi connectivity index (χ0n) is 11.4. The highest BCUT2D eigenvalue weighted by atomic mass is 16.7. The lowest BCUT2D eigenvalue weighted by atomic mass is 10.1. The van der Waals surface area contributed by atoms with Crippen LogP contribution in [0.3, 0.4) is 0 Å². The zero-order chi connectivity index (χ0) is 13.5. The van der Waals surface area contributed by atoms with E-state index >= 15 is 0 Å². The van der Waals surface area contributed by atoms with Crippen molar-refractivity contribution in [2.24, 2.45) is 0 Å². The molecule has 0 saturated carbocycles. The molecule has 0 bridgehead atoms. The average molecular weight is 266 g/mol. The molecule has 1 aromatic rings. The van der Waals surface area contributed by atoms with E-state index in [1.165, 1.54) is 6.42 Å². The predicted molar refractivity (Wildman–Crippen MR) is 72.1 cm³/mol. The molecule has 1 heterocycles. The molecule has 0 unspecified atom stereocenters. The first-order chi connectivity index (χ1) is 9.25. The molecule has 0 spiro atoms. The molecule has 1 saturated heterocycles. The van der Waals surface area contributed by atoms with Crippen molar-refractivity contribution < 1.29 is 19.3 Å². The quantitative estimate of drug-likeness (QED) is 0.804. The van der Waals surface area contributed by atoms with Crippen molar-refractivity contribution in [3.63, 3.8) is 0 Å². The van der Waals surface area contributed by atoms with Crippen LogP contribution in [0.25, 0.3) is 0 Å². The Hall–Kier alpha value is -1.10. The third kappa shape index (κ3) is 4.82. The Labute approximate surface area is 114 Å². The van der Waals surface area contributed by atoms with Crippen LogP contribution in [0.5, 0.6) is 5.75 Å². The monoisotopic (exact) mass is 266 g/mol. The van der Waals surface area contributed by atoms with Gasteiger partial charge in [-0.3, -0.25) is 0 Å². The summed E-state index contributed by atoms with van der Waals surface area (Å²) in [5, 5.41) is 9.49. The first-order valence-corrected chi connectivity index (χ1v) is 6.90. The maximum Gasteiger partial charge on any atom is 0.157 e. The van der Waals surface area contributed by atoms with Gasteiger partial charge in [0.05, 0.1) is 12.7 Å². The Morgan fingerprint density at radius 2 is 2.26 bits per heavy atom. The summed E-state index contributed by atoms with van der Waals surface area (Å²) in [6.45, 7) is 3.54. The van der Waals surface area contributed by atoms with Crippen LogP contribution >= 0.6 is 0 Å². The molecule has 1 aliphatic rings. The van der Waals surface area contributed by atoms with Crippen LogP contribution in [-0.4, -0.2) is 31.2 Å². The Balaban J connectivity index is 1.68. The van der Waals surface area contributed by atoms with Gasteiger partial charge in [-0.05, 0) is 43.9 Å². The molecule has 0 amide bonds. The number of ether oxygens (including phenoxy) is 3. The Bertz CT molecular complexity index is 372. The van der Waals surface area contributed by atoms with Gasteiger partial charge < -0.3 is 19.3 Å². The summed E-state index contributed by atoms with van der Waals surface area (Å²) < 4.78 is 16.7. The molecule has 2 rings (SSSR count). The highest BCUT2D eigenvalue weighted by Crippen LogP contribution is 2.19. The fraction of sp³-hybridized carbons (Fsp3) is 0.600. The van der Waals surface area contributed by atoms with Crippen molar-refractivity contribution in [3.8, 4) is 5.75 Å². The summed E-state index contributed by atoms with van der Waals surface area (Å²) in [4.78, 5) is 0. The van der Waals surface area contributed by atoms with E-state index in [-0.39, 0.29) is 6.29 Å². The SMILES string of the molecule is C[C@H](O)c1cccc(OCCO[C@@H]2CCCCO2)c1. The first kappa shape index (κ1) is 14.3. The molecular formula is C15H22O4.